The summed E-state index contributed by atoms with van der Waals surface area (Å²) in [7, 11) is 1.64. The lowest BCUT2D eigenvalue weighted by Gasteiger charge is -2.28. The Morgan fingerprint density at radius 2 is 1.88 bits per heavy atom. The zero-order valence-electron chi connectivity index (χ0n) is 16.0. The molecular weight excluding hydrogens is 342 g/mol. The van der Waals surface area contributed by atoms with E-state index in [0.717, 1.165) is 42.1 Å². The molecule has 0 aromatic heterocycles. The minimum Gasteiger partial charge on any atom is -0.497 e. The third-order valence-corrected chi connectivity index (χ3v) is 6.08. The first-order chi connectivity index (χ1) is 12.5. The van der Waals surface area contributed by atoms with Gasteiger partial charge in [0.1, 0.15) is 5.75 Å². The van der Waals surface area contributed by atoms with Crippen LogP contribution in [0, 0.1) is 0 Å². The van der Waals surface area contributed by atoms with E-state index in [1.807, 2.05) is 48.5 Å². The van der Waals surface area contributed by atoms with Crippen LogP contribution in [0.25, 0.3) is 0 Å². The molecule has 4 heteroatoms. The van der Waals surface area contributed by atoms with Crippen molar-refractivity contribution in [3.05, 3.63) is 59.7 Å². The van der Waals surface area contributed by atoms with E-state index in [9.17, 15) is 4.79 Å². The molecule has 2 aromatic carbocycles. The highest BCUT2D eigenvalue weighted by Gasteiger charge is 2.24. The first kappa shape index (κ1) is 20.5. The summed E-state index contributed by atoms with van der Waals surface area (Å²) in [5.74, 6) is 1.57. The lowest BCUT2D eigenvalue weighted by molar-refractivity contribution is 0.103. The van der Waals surface area contributed by atoms with Gasteiger partial charge in [0.15, 0.2) is 5.78 Å². The summed E-state index contributed by atoms with van der Waals surface area (Å²) in [4.78, 5) is 13.9. The number of methoxy groups -OCH3 is 1. The molecular formula is C22H29NO2S. The topological polar surface area (TPSA) is 52.3 Å². The van der Waals surface area contributed by atoms with Crippen LogP contribution in [0.4, 0.5) is 0 Å². The molecule has 0 saturated carbocycles. The normalized spacial score (nSPS) is 13.2. The van der Waals surface area contributed by atoms with Crippen LogP contribution in [0.2, 0.25) is 0 Å². The van der Waals surface area contributed by atoms with E-state index in [-0.39, 0.29) is 11.3 Å². The van der Waals surface area contributed by atoms with Crippen molar-refractivity contribution >= 4 is 17.5 Å². The zero-order valence-corrected chi connectivity index (χ0v) is 16.8. The number of hydrogen-bond donors (Lipinski definition) is 1. The van der Waals surface area contributed by atoms with Gasteiger partial charge in [-0.15, -0.1) is 11.8 Å². The van der Waals surface area contributed by atoms with Gasteiger partial charge in [0, 0.05) is 27.3 Å². The summed E-state index contributed by atoms with van der Waals surface area (Å²) in [5.41, 5.74) is 7.79. The second-order valence-electron chi connectivity index (χ2n) is 6.67. The molecule has 0 unspecified atom stereocenters. The predicted octanol–water partition coefficient (Wildman–Crippen LogP) is 5.32. The van der Waals surface area contributed by atoms with Gasteiger partial charge in [-0.2, -0.15) is 0 Å². The molecule has 2 rings (SSSR count). The first-order valence-corrected chi connectivity index (χ1v) is 10.2. The van der Waals surface area contributed by atoms with Crippen LogP contribution >= 0.6 is 11.8 Å². The smallest absolute Gasteiger partial charge is 0.194 e. The van der Waals surface area contributed by atoms with Gasteiger partial charge in [-0.1, -0.05) is 57.0 Å². The number of carbonyl (C=O) groups is 1. The maximum atomic E-state index is 12.9. The number of ketones is 1. The van der Waals surface area contributed by atoms with Crippen molar-refractivity contribution < 1.29 is 9.53 Å². The van der Waals surface area contributed by atoms with E-state index < -0.39 is 0 Å². The van der Waals surface area contributed by atoms with Gasteiger partial charge in [0.2, 0.25) is 0 Å². The van der Waals surface area contributed by atoms with Crippen molar-refractivity contribution in [3.8, 4) is 5.75 Å². The lowest BCUT2D eigenvalue weighted by atomic mass is 9.93. The Balaban J connectivity index is 2.27. The number of carbonyl (C=O) groups excluding carboxylic acids is 1. The molecule has 3 nitrogen and oxygen atoms in total. The molecule has 0 fully saturated rings. The van der Waals surface area contributed by atoms with E-state index in [4.69, 9.17) is 10.5 Å². The Morgan fingerprint density at radius 1 is 1.15 bits per heavy atom. The third kappa shape index (κ3) is 5.36. The molecule has 2 aromatic rings. The Hall–Kier alpha value is -1.78. The lowest BCUT2D eigenvalue weighted by Crippen LogP contribution is -2.41. The van der Waals surface area contributed by atoms with Crippen LogP contribution in [0.5, 0.6) is 5.75 Å². The highest BCUT2D eigenvalue weighted by Crippen LogP contribution is 2.32. The molecule has 0 aliphatic rings. The van der Waals surface area contributed by atoms with Crippen LogP contribution in [-0.4, -0.2) is 24.2 Å². The molecule has 0 amide bonds. The fourth-order valence-electron chi connectivity index (χ4n) is 2.78. The standard InChI is InChI=1S/C22H29NO2S/c1-4-6-14-22(23,5-2)16-26-20-15-18(25-3)12-13-19(20)21(24)17-10-8-7-9-11-17/h7-13,15H,4-6,14,16,23H2,1-3H3/t22-/m1/s1. The Morgan fingerprint density at radius 3 is 2.50 bits per heavy atom. The quantitative estimate of drug-likeness (QED) is 0.454. The molecule has 0 radical (unpaired) electrons. The first-order valence-electron chi connectivity index (χ1n) is 9.22. The predicted molar refractivity (Wildman–Crippen MR) is 110 cm³/mol. The number of hydrogen-bond acceptors (Lipinski definition) is 4. The summed E-state index contributed by atoms with van der Waals surface area (Å²) >= 11 is 1.66. The number of benzene rings is 2. The molecule has 140 valence electrons. The zero-order chi connectivity index (χ0) is 19.0. The van der Waals surface area contributed by atoms with Crippen molar-refractivity contribution in [2.24, 2.45) is 5.73 Å². The monoisotopic (exact) mass is 371 g/mol. The van der Waals surface area contributed by atoms with Gasteiger partial charge < -0.3 is 10.5 Å². The van der Waals surface area contributed by atoms with Gasteiger partial charge in [-0.3, -0.25) is 4.79 Å². The van der Waals surface area contributed by atoms with Crippen LogP contribution in [-0.2, 0) is 0 Å². The molecule has 0 bridgehead atoms. The Labute approximate surface area is 161 Å². The van der Waals surface area contributed by atoms with E-state index in [0.29, 0.717) is 11.1 Å². The van der Waals surface area contributed by atoms with Crippen molar-refractivity contribution in [1.29, 1.82) is 0 Å². The van der Waals surface area contributed by atoms with Crippen molar-refractivity contribution in [2.75, 3.05) is 12.9 Å². The number of thioether (sulfide) groups is 1. The number of unbranched alkanes of at least 4 members (excludes halogenated alkanes) is 1. The van der Waals surface area contributed by atoms with E-state index in [1.54, 1.807) is 18.9 Å². The van der Waals surface area contributed by atoms with E-state index in [1.165, 1.54) is 0 Å². The van der Waals surface area contributed by atoms with Gasteiger partial charge in [-0.25, -0.2) is 0 Å². The molecule has 0 spiro atoms. The fourth-order valence-corrected chi connectivity index (χ4v) is 4.09. The number of rotatable bonds is 10. The molecule has 0 saturated heterocycles. The van der Waals surface area contributed by atoms with Gasteiger partial charge >= 0.3 is 0 Å². The second-order valence-corrected chi connectivity index (χ2v) is 7.68. The highest BCUT2D eigenvalue weighted by molar-refractivity contribution is 7.99. The summed E-state index contributed by atoms with van der Waals surface area (Å²) < 4.78 is 5.36. The van der Waals surface area contributed by atoms with Gasteiger partial charge in [0.25, 0.3) is 0 Å². The van der Waals surface area contributed by atoms with Gasteiger partial charge in [-0.05, 0) is 31.0 Å². The minimum atomic E-state index is -0.211. The van der Waals surface area contributed by atoms with E-state index >= 15 is 0 Å². The summed E-state index contributed by atoms with van der Waals surface area (Å²) in [6, 6.07) is 15.0. The Kier molecular flexibility index (Phi) is 7.73. The minimum absolute atomic E-state index is 0.0310. The molecule has 2 N–H and O–H groups in total. The highest BCUT2D eigenvalue weighted by atomic mass is 32.2. The molecule has 0 heterocycles. The average molecular weight is 372 g/mol. The Bertz CT molecular complexity index is 717. The van der Waals surface area contributed by atoms with Crippen LogP contribution in [0.15, 0.2) is 53.4 Å². The van der Waals surface area contributed by atoms with Crippen LogP contribution in [0.3, 0.4) is 0 Å². The number of ether oxygens (including phenoxy) is 1. The summed E-state index contributed by atoms with van der Waals surface area (Å²) in [6.45, 7) is 4.32. The maximum Gasteiger partial charge on any atom is 0.194 e. The summed E-state index contributed by atoms with van der Waals surface area (Å²) in [5, 5.41) is 0. The summed E-state index contributed by atoms with van der Waals surface area (Å²) in [6.07, 6.45) is 4.18. The van der Waals surface area contributed by atoms with Crippen molar-refractivity contribution in [2.45, 2.75) is 50.0 Å². The average Bonchev–Trinajstić information content (AvgIpc) is 2.70. The third-order valence-electron chi connectivity index (χ3n) is 4.72. The van der Waals surface area contributed by atoms with Gasteiger partial charge in [0.05, 0.1) is 7.11 Å². The van der Waals surface area contributed by atoms with Crippen LogP contribution < -0.4 is 10.5 Å². The largest absolute Gasteiger partial charge is 0.497 e. The maximum absolute atomic E-state index is 12.9. The molecule has 26 heavy (non-hydrogen) atoms. The number of nitrogens with two attached hydrogens (primary N) is 1. The molecule has 0 aliphatic heterocycles. The van der Waals surface area contributed by atoms with Crippen LogP contribution in [0.1, 0.15) is 55.5 Å². The fraction of sp³-hybridized carbons (Fsp3) is 0.409. The van der Waals surface area contributed by atoms with Crippen molar-refractivity contribution in [3.63, 3.8) is 0 Å². The van der Waals surface area contributed by atoms with E-state index in [2.05, 4.69) is 13.8 Å². The SMILES string of the molecule is CCCC[C@](N)(CC)CSc1cc(OC)ccc1C(=O)c1ccccc1. The molecule has 0 aliphatic carbocycles. The van der Waals surface area contributed by atoms with Crippen molar-refractivity contribution in [1.82, 2.24) is 0 Å². The second kappa shape index (κ2) is 9.79. The molecule has 1 atom stereocenters.